The lowest BCUT2D eigenvalue weighted by Gasteiger charge is -2.10. The first kappa shape index (κ1) is 11.2. The van der Waals surface area contributed by atoms with E-state index in [9.17, 15) is 4.79 Å². The zero-order chi connectivity index (χ0) is 12.4. The number of ether oxygens (including phenoxy) is 2. The van der Waals surface area contributed by atoms with Crippen LogP contribution in [0.5, 0.6) is 11.5 Å². The number of hydrogen-bond donors (Lipinski definition) is 1. The third-order valence-electron chi connectivity index (χ3n) is 2.49. The number of aromatic nitrogens is 1. The van der Waals surface area contributed by atoms with Crippen molar-refractivity contribution in [2.75, 3.05) is 14.2 Å². The highest BCUT2D eigenvalue weighted by molar-refractivity contribution is 6.04. The number of methoxy groups -OCH3 is 2. The SMILES string of the molecule is COc1cc2cncc(C(=O)O)c2cc1OC. The highest BCUT2D eigenvalue weighted by atomic mass is 16.5. The maximum absolute atomic E-state index is 11.1. The average molecular weight is 233 g/mol. The van der Waals surface area contributed by atoms with Crippen LogP contribution in [0.25, 0.3) is 10.8 Å². The molecule has 2 aromatic rings. The van der Waals surface area contributed by atoms with E-state index >= 15 is 0 Å². The Labute approximate surface area is 97.6 Å². The maximum Gasteiger partial charge on any atom is 0.337 e. The molecule has 0 aliphatic heterocycles. The second-order valence-corrected chi connectivity index (χ2v) is 3.42. The van der Waals surface area contributed by atoms with Crippen LogP contribution in [0.15, 0.2) is 24.5 Å². The van der Waals surface area contributed by atoms with Gasteiger partial charge in [-0.15, -0.1) is 0 Å². The predicted octanol–water partition coefficient (Wildman–Crippen LogP) is 1.95. The number of carboxylic acids is 1. The molecule has 1 heterocycles. The summed E-state index contributed by atoms with van der Waals surface area (Å²) in [5.41, 5.74) is 0.142. The van der Waals surface area contributed by atoms with Crippen molar-refractivity contribution < 1.29 is 19.4 Å². The number of nitrogens with zero attached hydrogens (tertiary/aromatic N) is 1. The van der Waals surface area contributed by atoms with Gasteiger partial charge in [0.05, 0.1) is 19.8 Å². The Morgan fingerprint density at radius 2 is 1.82 bits per heavy atom. The van der Waals surface area contributed by atoms with Gasteiger partial charge in [-0.2, -0.15) is 0 Å². The van der Waals surface area contributed by atoms with Crippen molar-refractivity contribution in [3.63, 3.8) is 0 Å². The van der Waals surface area contributed by atoms with Crippen molar-refractivity contribution in [2.24, 2.45) is 0 Å². The third kappa shape index (κ3) is 1.87. The van der Waals surface area contributed by atoms with Crippen molar-refractivity contribution in [2.45, 2.75) is 0 Å². The molecule has 0 saturated carbocycles. The molecular formula is C12H11NO4. The lowest BCUT2D eigenvalue weighted by Crippen LogP contribution is -1.99. The molecular weight excluding hydrogens is 222 g/mol. The average Bonchev–Trinajstić information content (AvgIpc) is 2.35. The zero-order valence-corrected chi connectivity index (χ0v) is 9.43. The molecule has 0 unspecified atom stereocenters. The Balaban J connectivity index is 2.78. The molecule has 1 aromatic heterocycles. The molecule has 0 saturated heterocycles. The largest absolute Gasteiger partial charge is 0.493 e. The number of carboxylic acid groups (broad SMARTS) is 1. The van der Waals surface area contributed by atoms with E-state index < -0.39 is 5.97 Å². The maximum atomic E-state index is 11.1. The van der Waals surface area contributed by atoms with E-state index in [-0.39, 0.29) is 5.56 Å². The minimum absolute atomic E-state index is 0.142. The van der Waals surface area contributed by atoms with Gasteiger partial charge in [0.2, 0.25) is 0 Å². The van der Waals surface area contributed by atoms with Crippen molar-refractivity contribution >= 4 is 16.7 Å². The van der Waals surface area contributed by atoms with Crippen LogP contribution in [0.4, 0.5) is 0 Å². The van der Waals surface area contributed by atoms with Gasteiger partial charge >= 0.3 is 5.97 Å². The van der Waals surface area contributed by atoms with Gasteiger partial charge in [-0.1, -0.05) is 0 Å². The Kier molecular flexibility index (Phi) is 2.82. The first-order valence-electron chi connectivity index (χ1n) is 4.90. The molecule has 0 aliphatic carbocycles. The highest BCUT2D eigenvalue weighted by Crippen LogP contribution is 2.33. The predicted molar refractivity (Wildman–Crippen MR) is 61.8 cm³/mol. The molecule has 17 heavy (non-hydrogen) atoms. The lowest BCUT2D eigenvalue weighted by atomic mass is 10.1. The van der Waals surface area contributed by atoms with Crippen LogP contribution in [0.2, 0.25) is 0 Å². The van der Waals surface area contributed by atoms with E-state index in [0.29, 0.717) is 22.3 Å². The second kappa shape index (κ2) is 4.29. The molecule has 0 spiro atoms. The number of fused-ring (bicyclic) bond motifs is 1. The molecule has 1 N–H and O–H groups in total. The molecule has 0 bridgehead atoms. The van der Waals surface area contributed by atoms with Gasteiger partial charge < -0.3 is 14.6 Å². The van der Waals surface area contributed by atoms with Crippen LogP contribution in [0.3, 0.4) is 0 Å². The van der Waals surface area contributed by atoms with Crippen molar-refractivity contribution in [1.29, 1.82) is 0 Å². The topological polar surface area (TPSA) is 68.7 Å². The van der Waals surface area contributed by atoms with E-state index in [1.165, 1.54) is 20.4 Å². The molecule has 5 nitrogen and oxygen atoms in total. The first-order valence-corrected chi connectivity index (χ1v) is 4.90. The lowest BCUT2D eigenvalue weighted by molar-refractivity contribution is 0.0698. The monoisotopic (exact) mass is 233 g/mol. The summed E-state index contributed by atoms with van der Waals surface area (Å²) in [4.78, 5) is 14.9. The van der Waals surface area contributed by atoms with Crippen LogP contribution < -0.4 is 9.47 Å². The smallest absolute Gasteiger partial charge is 0.337 e. The Morgan fingerprint density at radius 3 is 2.41 bits per heavy atom. The fourth-order valence-electron chi connectivity index (χ4n) is 1.67. The summed E-state index contributed by atoms with van der Waals surface area (Å²) in [6, 6.07) is 3.34. The quantitative estimate of drug-likeness (QED) is 0.877. The summed E-state index contributed by atoms with van der Waals surface area (Å²) in [6.45, 7) is 0. The van der Waals surface area contributed by atoms with Gasteiger partial charge in [0.15, 0.2) is 11.5 Å². The van der Waals surface area contributed by atoms with Gasteiger partial charge in [0.25, 0.3) is 0 Å². The van der Waals surface area contributed by atoms with E-state index in [4.69, 9.17) is 14.6 Å². The summed E-state index contributed by atoms with van der Waals surface area (Å²) < 4.78 is 10.3. The van der Waals surface area contributed by atoms with Gasteiger partial charge in [-0.3, -0.25) is 4.98 Å². The zero-order valence-electron chi connectivity index (χ0n) is 9.43. The summed E-state index contributed by atoms with van der Waals surface area (Å²) in [7, 11) is 3.03. The minimum Gasteiger partial charge on any atom is -0.493 e. The molecule has 5 heteroatoms. The van der Waals surface area contributed by atoms with Crippen LogP contribution in [0.1, 0.15) is 10.4 Å². The molecule has 0 fully saturated rings. The van der Waals surface area contributed by atoms with Crippen molar-refractivity contribution in [3.8, 4) is 11.5 Å². The number of carbonyl (C=O) groups is 1. The fourth-order valence-corrected chi connectivity index (χ4v) is 1.67. The standard InChI is InChI=1S/C12H11NO4/c1-16-10-3-7-5-13-6-9(12(14)15)8(7)4-11(10)17-2/h3-6H,1-2H3,(H,14,15). The van der Waals surface area contributed by atoms with Crippen molar-refractivity contribution in [1.82, 2.24) is 4.98 Å². The van der Waals surface area contributed by atoms with E-state index in [0.717, 1.165) is 0 Å². The number of aromatic carboxylic acids is 1. The molecule has 0 amide bonds. The van der Waals surface area contributed by atoms with Crippen LogP contribution in [0, 0.1) is 0 Å². The number of rotatable bonds is 3. The molecule has 2 rings (SSSR count). The molecule has 88 valence electrons. The molecule has 0 radical (unpaired) electrons. The summed E-state index contributed by atoms with van der Waals surface area (Å²) in [6.07, 6.45) is 2.90. The van der Waals surface area contributed by atoms with Gasteiger partial charge in [-0.25, -0.2) is 4.79 Å². The Hall–Kier alpha value is -2.30. The Bertz CT molecular complexity index is 580. The number of hydrogen-bond acceptors (Lipinski definition) is 4. The summed E-state index contributed by atoms with van der Waals surface area (Å²) >= 11 is 0. The van der Waals surface area contributed by atoms with Crippen LogP contribution in [-0.2, 0) is 0 Å². The van der Waals surface area contributed by atoms with Crippen LogP contribution >= 0.6 is 0 Å². The normalized spacial score (nSPS) is 10.2. The van der Waals surface area contributed by atoms with Crippen molar-refractivity contribution in [3.05, 3.63) is 30.1 Å². The Morgan fingerprint density at radius 1 is 1.18 bits per heavy atom. The minimum atomic E-state index is -1.02. The van der Waals surface area contributed by atoms with Gasteiger partial charge in [0.1, 0.15) is 0 Å². The third-order valence-corrected chi connectivity index (χ3v) is 2.49. The molecule has 0 aliphatic rings. The second-order valence-electron chi connectivity index (χ2n) is 3.42. The molecule has 0 atom stereocenters. The molecule has 1 aromatic carbocycles. The van der Waals surface area contributed by atoms with E-state index in [1.807, 2.05) is 0 Å². The number of benzene rings is 1. The summed E-state index contributed by atoms with van der Waals surface area (Å²) in [5.74, 6) is 0.0216. The fraction of sp³-hybridized carbons (Fsp3) is 0.167. The summed E-state index contributed by atoms with van der Waals surface area (Å²) in [5, 5.41) is 10.3. The number of pyridine rings is 1. The van der Waals surface area contributed by atoms with E-state index in [2.05, 4.69) is 4.98 Å². The highest BCUT2D eigenvalue weighted by Gasteiger charge is 2.12. The van der Waals surface area contributed by atoms with Gasteiger partial charge in [0, 0.05) is 23.2 Å². The van der Waals surface area contributed by atoms with Crippen LogP contribution in [-0.4, -0.2) is 30.3 Å². The van der Waals surface area contributed by atoms with Gasteiger partial charge in [-0.05, 0) is 12.1 Å². The van der Waals surface area contributed by atoms with E-state index in [1.54, 1.807) is 18.3 Å². The first-order chi connectivity index (χ1) is 8.17.